The number of hydrogen-bond donors (Lipinski definition) is 1. The molecule has 1 aromatic carbocycles. The fourth-order valence-electron chi connectivity index (χ4n) is 2.20. The monoisotopic (exact) mass is 287 g/mol. The number of rotatable bonds is 5. The van der Waals surface area contributed by atoms with Gasteiger partial charge in [-0.25, -0.2) is 0 Å². The van der Waals surface area contributed by atoms with Crippen molar-refractivity contribution in [1.29, 1.82) is 0 Å². The number of carbonyl (C=O) groups excluding carboxylic acids is 1. The highest BCUT2D eigenvalue weighted by atomic mass is 16.5. The molecule has 1 amide bonds. The second kappa shape index (κ2) is 6.52. The van der Waals surface area contributed by atoms with Gasteiger partial charge < -0.3 is 9.84 Å². The van der Waals surface area contributed by atoms with Crippen LogP contribution >= 0.6 is 0 Å². The summed E-state index contributed by atoms with van der Waals surface area (Å²) < 4.78 is 5.32. The van der Waals surface area contributed by atoms with Crippen LogP contribution in [0.4, 0.5) is 0 Å². The first-order valence-corrected chi connectivity index (χ1v) is 7.11. The molecule has 0 bridgehead atoms. The van der Waals surface area contributed by atoms with Gasteiger partial charge in [-0.2, -0.15) is 4.98 Å². The van der Waals surface area contributed by atoms with Crippen LogP contribution in [-0.4, -0.2) is 16.0 Å². The Balaban J connectivity index is 2.14. The first-order valence-electron chi connectivity index (χ1n) is 7.11. The summed E-state index contributed by atoms with van der Waals surface area (Å²) in [7, 11) is 0. The standard InChI is InChI=1S/C16H21N3O2/c1-10(2)15(17-12(4)20)16-18-14(19-21-16)9-13-7-5-6-11(3)8-13/h5-8,10,15H,9H2,1-4H3,(H,17,20). The summed E-state index contributed by atoms with van der Waals surface area (Å²) in [4.78, 5) is 15.7. The summed E-state index contributed by atoms with van der Waals surface area (Å²) in [5.74, 6) is 1.17. The number of hydrogen-bond acceptors (Lipinski definition) is 4. The quantitative estimate of drug-likeness (QED) is 0.918. The largest absolute Gasteiger partial charge is 0.344 e. The van der Waals surface area contributed by atoms with Gasteiger partial charge in [0.05, 0.1) is 0 Å². The lowest BCUT2D eigenvalue weighted by Gasteiger charge is -2.17. The predicted octanol–water partition coefficient (Wildman–Crippen LogP) is 2.80. The molecule has 5 heteroatoms. The van der Waals surface area contributed by atoms with Crippen LogP contribution in [0, 0.1) is 12.8 Å². The van der Waals surface area contributed by atoms with Crippen molar-refractivity contribution in [2.75, 3.05) is 0 Å². The maximum Gasteiger partial charge on any atom is 0.249 e. The van der Waals surface area contributed by atoms with E-state index in [1.54, 1.807) is 0 Å². The van der Waals surface area contributed by atoms with E-state index in [9.17, 15) is 4.79 Å². The highest BCUT2D eigenvalue weighted by molar-refractivity contribution is 5.73. The molecule has 0 aliphatic heterocycles. The van der Waals surface area contributed by atoms with Gasteiger partial charge in [0.1, 0.15) is 6.04 Å². The third-order valence-corrected chi connectivity index (χ3v) is 3.22. The second-order valence-electron chi connectivity index (χ2n) is 5.64. The van der Waals surface area contributed by atoms with Crippen molar-refractivity contribution in [1.82, 2.24) is 15.5 Å². The van der Waals surface area contributed by atoms with Crippen LogP contribution in [0.15, 0.2) is 28.8 Å². The summed E-state index contributed by atoms with van der Waals surface area (Å²) in [6, 6.07) is 7.96. The molecular formula is C16H21N3O2. The molecule has 112 valence electrons. The van der Waals surface area contributed by atoms with Crippen LogP contribution in [0.3, 0.4) is 0 Å². The number of nitrogens with one attached hydrogen (secondary N) is 1. The van der Waals surface area contributed by atoms with Crippen molar-refractivity contribution in [2.45, 2.75) is 40.2 Å². The smallest absolute Gasteiger partial charge is 0.249 e. The van der Waals surface area contributed by atoms with Gasteiger partial charge in [-0.15, -0.1) is 0 Å². The van der Waals surface area contributed by atoms with Gasteiger partial charge in [0, 0.05) is 13.3 Å². The normalized spacial score (nSPS) is 12.4. The fourth-order valence-corrected chi connectivity index (χ4v) is 2.20. The average molecular weight is 287 g/mol. The maximum absolute atomic E-state index is 11.3. The Labute approximate surface area is 124 Å². The number of nitrogens with zero attached hydrogens (tertiary/aromatic N) is 2. The van der Waals surface area contributed by atoms with E-state index in [0.717, 1.165) is 5.56 Å². The topological polar surface area (TPSA) is 68.0 Å². The summed E-state index contributed by atoms with van der Waals surface area (Å²) in [6.45, 7) is 7.55. The molecule has 0 aliphatic rings. The molecule has 0 saturated heterocycles. The molecule has 21 heavy (non-hydrogen) atoms. The van der Waals surface area contributed by atoms with E-state index in [-0.39, 0.29) is 17.9 Å². The Morgan fingerprint density at radius 1 is 1.38 bits per heavy atom. The lowest BCUT2D eigenvalue weighted by atomic mass is 10.0. The minimum absolute atomic E-state index is 0.105. The summed E-state index contributed by atoms with van der Waals surface area (Å²) in [5.41, 5.74) is 2.34. The van der Waals surface area contributed by atoms with Crippen LogP contribution in [0.25, 0.3) is 0 Å². The minimum Gasteiger partial charge on any atom is -0.344 e. The molecule has 0 saturated carbocycles. The zero-order valence-electron chi connectivity index (χ0n) is 12.9. The molecule has 2 aromatic rings. The van der Waals surface area contributed by atoms with Crippen molar-refractivity contribution in [3.05, 3.63) is 47.1 Å². The molecule has 0 fully saturated rings. The third kappa shape index (κ3) is 4.15. The average Bonchev–Trinajstić information content (AvgIpc) is 2.83. The fraction of sp³-hybridized carbons (Fsp3) is 0.438. The molecule has 5 nitrogen and oxygen atoms in total. The molecule has 1 heterocycles. The Morgan fingerprint density at radius 2 is 2.14 bits per heavy atom. The van der Waals surface area contributed by atoms with E-state index in [1.165, 1.54) is 12.5 Å². The molecule has 2 rings (SSSR count). The molecule has 1 atom stereocenters. The first kappa shape index (κ1) is 15.2. The van der Waals surface area contributed by atoms with Crippen LogP contribution in [0.1, 0.15) is 49.7 Å². The van der Waals surface area contributed by atoms with Gasteiger partial charge >= 0.3 is 0 Å². The summed E-state index contributed by atoms with van der Waals surface area (Å²) in [6.07, 6.45) is 0.621. The molecule has 1 N–H and O–H groups in total. The minimum atomic E-state index is -0.249. The molecule has 0 spiro atoms. The zero-order chi connectivity index (χ0) is 15.4. The number of aromatic nitrogens is 2. The lowest BCUT2D eigenvalue weighted by Crippen LogP contribution is -2.30. The SMILES string of the molecule is CC(=O)NC(c1nc(Cc2cccc(C)c2)no1)C(C)C. The molecule has 0 aliphatic carbocycles. The summed E-state index contributed by atoms with van der Waals surface area (Å²) >= 11 is 0. The predicted molar refractivity (Wildman–Crippen MR) is 79.7 cm³/mol. The van der Waals surface area contributed by atoms with Gasteiger partial charge in [0.25, 0.3) is 0 Å². The van der Waals surface area contributed by atoms with E-state index < -0.39 is 0 Å². The number of benzene rings is 1. The van der Waals surface area contributed by atoms with E-state index in [4.69, 9.17) is 4.52 Å². The highest BCUT2D eigenvalue weighted by Crippen LogP contribution is 2.20. The van der Waals surface area contributed by atoms with Crippen LogP contribution in [0.2, 0.25) is 0 Å². The summed E-state index contributed by atoms with van der Waals surface area (Å²) in [5, 5.41) is 6.86. The lowest BCUT2D eigenvalue weighted by molar-refractivity contribution is -0.120. The Morgan fingerprint density at radius 3 is 2.76 bits per heavy atom. The zero-order valence-corrected chi connectivity index (χ0v) is 12.9. The molecule has 0 radical (unpaired) electrons. The molecule has 1 unspecified atom stereocenters. The molecule has 1 aromatic heterocycles. The van der Waals surface area contributed by atoms with Crippen LogP contribution < -0.4 is 5.32 Å². The number of aryl methyl sites for hydroxylation is 1. The van der Waals surface area contributed by atoms with E-state index in [1.807, 2.05) is 26.0 Å². The highest BCUT2D eigenvalue weighted by Gasteiger charge is 2.23. The van der Waals surface area contributed by atoms with Crippen molar-refractivity contribution >= 4 is 5.91 Å². The Hall–Kier alpha value is -2.17. The van der Waals surface area contributed by atoms with E-state index in [0.29, 0.717) is 18.1 Å². The van der Waals surface area contributed by atoms with Crippen LogP contribution in [0.5, 0.6) is 0 Å². The van der Waals surface area contributed by atoms with Crippen molar-refractivity contribution < 1.29 is 9.32 Å². The van der Waals surface area contributed by atoms with E-state index >= 15 is 0 Å². The second-order valence-corrected chi connectivity index (χ2v) is 5.64. The third-order valence-electron chi connectivity index (χ3n) is 3.22. The van der Waals surface area contributed by atoms with Crippen molar-refractivity contribution in [3.63, 3.8) is 0 Å². The van der Waals surface area contributed by atoms with Gasteiger partial charge in [-0.05, 0) is 18.4 Å². The van der Waals surface area contributed by atoms with Crippen molar-refractivity contribution in [3.8, 4) is 0 Å². The number of amides is 1. The maximum atomic E-state index is 11.3. The van der Waals surface area contributed by atoms with Gasteiger partial charge in [-0.1, -0.05) is 48.8 Å². The molecular weight excluding hydrogens is 266 g/mol. The Kier molecular flexibility index (Phi) is 4.73. The van der Waals surface area contributed by atoms with Gasteiger partial charge in [0.15, 0.2) is 5.82 Å². The van der Waals surface area contributed by atoms with E-state index in [2.05, 4.69) is 34.5 Å². The van der Waals surface area contributed by atoms with Gasteiger partial charge in [-0.3, -0.25) is 4.79 Å². The number of carbonyl (C=O) groups is 1. The van der Waals surface area contributed by atoms with Crippen molar-refractivity contribution in [2.24, 2.45) is 5.92 Å². The van der Waals surface area contributed by atoms with Crippen LogP contribution in [-0.2, 0) is 11.2 Å². The Bertz CT molecular complexity index is 619. The first-order chi connectivity index (χ1) is 9.95. The van der Waals surface area contributed by atoms with Gasteiger partial charge in [0.2, 0.25) is 11.8 Å².